The molecule has 0 saturated heterocycles. The van der Waals surface area contributed by atoms with Gasteiger partial charge in [-0.1, -0.05) is 18.3 Å². The van der Waals surface area contributed by atoms with Gasteiger partial charge in [0.05, 0.1) is 6.20 Å². The van der Waals surface area contributed by atoms with Gasteiger partial charge < -0.3 is 0 Å². The van der Waals surface area contributed by atoms with Gasteiger partial charge in [0, 0.05) is 6.42 Å². The van der Waals surface area contributed by atoms with Gasteiger partial charge >= 0.3 is 0 Å². The van der Waals surface area contributed by atoms with Crippen molar-refractivity contribution in [3.63, 3.8) is 0 Å². The molecule has 2 heterocycles. The van der Waals surface area contributed by atoms with E-state index in [1.54, 1.807) is 10.7 Å². The van der Waals surface area contributed by atoms with Gasteiger partial charge in [-0.05, 0) is 6.42 Å². The van der Waals surface area contributed by atoms with E-state index in [0.717, 1.165) is 29.1 Å². The number of fused-ring (bicyclic) bond motifs is 1. The number of imidazole rings is 1. The second-order valence-corrected chi connectivity index (χ2v) is 3.78. The average molecular weight is 195 g/mol. The summed E-state index contributed by atoms with van der Waals surface area (Å²) in [4.78, 5) is 15.4. The highest BCUT2D eigenvalue weighted by Crippen LogP contribution is 2.15. The molecule has 0 bridgehead atoms. The lowest BCUT2D eigenvalue weighted by Gasteiger charge is -1.86. The Kier molecular flexibility index (Phi) is 2.10. The molecule has 0 saturated carbocycles. The van der Waals surface area contributed by atoms with Crippen molar-refractivity contribution in [1.29, 1.82) is 0 Å². The summed E-state index contributed by atoms with van der Waals surface area (Å²) < 4.78 is 1.60. The Bertz CT molecular complexity index is 431. The van der Waals surface area contributed by atoms with Gasteiger partial charge in [0.15, 0.2) is 6.29 Å². The quantitative estimate of drug-likeness (QED) is 0.698. The van der Waals surface area contributed by atoms with Crippen LogP contribution in [0.3, 0.4) is 0 Å². The molecule has 0 fully saturated rings. The minimum Gasteiger partial charge on any atom is -0.296 e. The Labute approximate surface area is 79.2 Å². The Morgan fingerprint density at radius 3 is 3.23 bits per heavy atom. The predicted molar refractivity (Wildman–Crippen MR) is 50.2 cm³/mol. The number of aryl methyl sites for hydroxylation is 1. The summed E-state index contributed by atoms with van der Waals surface area (Å²) in [7, 11) is 0. The van der Waals surface area contributed by atoms with E-state index in [-0.39, 0.29) is 0 Å². The van der Waals surface area contributed by atoms with E-state index in [9.17, 15) is 4.79 Å². The Hall–Kier alpha value is -1.23. The first-order valence-corrected chi connectivity index (χ1v) is 4.95. The van der Waals surface area contributed by atoms with Crippen LogP contribution >= 0.6 is 11.3 Å². The van der Waals surface area contributed by atoms with E-state index >= 15 is 0 Å². The van der Waals surface area contributed by atoms with Gasteiger partial charge in [-0.2, -0.15) is 5.10 Å². The van der Waals surface area contributed by atoms with Crippen molar-refractivity contribution in [2.24, 2.45) is 0 Å². The fraction of sp³-hybridized carbons (Fsp3) is 0.375. The molecule has 0 unspecified atom stereocenters. The third-order valence-electron chi connectivity index (χ3n) is 1.74. The van der Waals surface area contributed by atoms with Crippen LogP contribution in [0.5, 0.6) is 0 Å². The molecule has 0 aliphatic rings. The third kappa shape index (κ3) is 1.35. The van der Waals surface area contributed by atoms with Crippen LogP contribution in [0.1, 0.15) is 28.8 Å². The van der Waals surface area contributed by atoms with E-state index in [0.29, 0.717) is 5.69 Å². The summed E-state index contributed by atoms with van der Waals surface area (Å²) in [6, 6.07) is 0. The SMILES string of the molecule is CCCc1nn2c(C=O)cnc2s1. The fourth-order valence-corrected chi connectivity index (χ4v) is 2.12. The molecule has 0 atom stereocenters. The molecule has 5 heteroatoms. The second kappa shape index (κ2) is 3.26. The molecule has 0 spiro atoms. The Balaban J connectivity index is 2.50. The smallest absolute Gasteiger partial charge is 0.212 e. The van der Waals surface area contributed by atoms with Crippen LogP contribution < -0.4 is 0 Å². The molecule has 0 aliphatic carbocycles. The van der Waals surface area contributed by atoms with Crippen LogP contribution in [-0.2, 0) is 6.42 Å². The zero-order chi connectivity index (χ0) is 9.26. The number of carbonyl (C=O) groups is 1. The monoisotopic (exact) mass is 195 g/mol. The van der Waals surface area contributed by atoms with Gasteiger partial charge in [0.1, 0.15) is 10.7 Å². The molecule has 2 aromatic heterocycles. The fourth-order valence-electron chi connectivity index (χ4n) is 1.14. The van der Waals surface area contributed by atoms with Crippen molar-refractivity contribution >= 4 is 22.6 Å². The summed E-state index contributed by atoms with van der Waals surface area (Å²) in [6.45, 7) is 2.10. The van der Waals surface area contributed by atoms with Crippen LogP contribution in [0.4, 0.5) is 0 Å². The summed E-state index contributed by atoms with van der Waals surface area (Å²) in [5, 5.41) is 5.31. The Morgan fingerprint density at radius 2 is 2.54 bits per heavy atom. The van der Waals surface area contributed by atoms with Crippen molar-refractivity contribution in [1.82, 2.24) is 14.6 Å². The van der Waals surface area contributed by atoms with Crippen molar-refractivity contribution in [3.8, 4) is 0 Å². The number of nitrogens with zero attached hydrogens (tertiary/aromatic N) is 3. The van der Waals surface area contributed by atoms with Gasteiger partial charge in [-0.25, -0.2) is 9.50 Å². The normalized spacial score (nSPS) is 10.8. The highest BCUT2D eigenvalue weighted by molar-refractivity contribution is 7.16. The zero-order valence-electron chi connectivity index (χ0n) is 7.23. The number of hydrogen-bond donors (Lipinski definition) is 0. The minimum absolute atomic E-state index is 0.522. The van der Waals surface area contributed by atoms with Crippen molar-refractivity contribution < 1.29 is 4.79 Å². The largest absolute Gasteiger partial charge is 0.296 e. The molecular formula is C8H9N3OS. The van der Waals surface area contributed by atoms with E-state index in [2.05, 4.69) is 17.0 Å². The molecule has 2 rings (SSSR count). The van der Waals surface area contributed by atoms with Crippen LogP contribution in [-0.4, -0.2) is 20.9 Å². The van der Waals surface area contributed by atoms with Crippen molar-refractivity contribution in [2.45, 2.75) is 19.8 Å². The molecule has 13 heavy (non-hydrogen) atoms. The second-order valence-electron chi connectivity index (χ2n) is 2.74. The highest BCUT2D eigenvalue weighted by Gasteiger charge is 2.07. The lowest BCUT2D eigenvalue weighted by atomic mass is 10.4. The zero-order valence-corrected chi connectivity index (χ0v) is 8.04. The standard InChI is InChI=1S/C8H9N3OS/c1-2-3-7-10-11-6(5-12)4-9-8(11)13-7/h4-5H,2-3H2,1H3. The lowest BCUT2D eigenvalue weighted by Crippen LogP contribution is -1.92. The van der Waals surface area contributed by atoms with E-state index in [1.807, 2.05) is 0 Å². The molecule has 0 aliphatic heterocycles. The Morgan fingerprint density at radius 1 is 1.69 bits per heavy atom. The van der Waals surface area contributed by atoms with E-state index in [1.165, 1.54) is 11.3 Å². The molecule has 0 radical (unpaired) electrons. The number of aldehydes is 1. The molecule has 0 N–H and O–H groups in total. The lowest BCUT2D eigenvalue weighted by molar-refractivity contribution is 0.111. The van der Waals surface area contributed by atoms with Crippen LogP contribution in [0.2, 0.25) is 0 Å². The summed E-state index contributed by atoms with van der Waals surface area (Å²) in [5.41, 5.74) is 0.522. The van der Waals surface area contributed by atoms with Crippen LogP contribution in [0, 0.1) is 0 Å². The third-order valence-corrected chi connectivity index (χ3v) is 2.72. The topological polar surface area (TPSA) is 47.3 Å². The number of aromatic nitrogens is 3. The molecule has 68 valence electrons. The summed E-state index contributed by atoms with van der Waals surface area (Å²) in [5.74, 6) is 0. The first kappa shape index (κ1) is 8.37. The predicted octanol–water partition coefficient (Wildman–Crippen LogP) is 1.56. The maximum Gasteiger partial charge on any atom is 0.212 e. The van der Waals surface area contributed by atoms with Gasteiger partial charge in [-0.15, -0.1) is 0 Å². The summed E-state index contributed by atoms with van der Waals surface area (Å²) in [6.07, 6.45) is 4.33. The number of hydrogen-bond acceptors (Lipinski definition) is 4. The first-order chi connectivity index (χ1) is 6.35. The van der Waals surface area contributed by atoms with E-state index in [4.69, 9.17) is 0 Å². The van der Waals surface area contributed by atoms with Gasteiger partial charge in [0.2, 0.25) is 4.96 Å². The highest BCUT2D eigenvalue weighted by atomic mass is 32.1. The summed E-state index contributed by atoms with van der Waals surface area (Å²) >= 11 is 1.54. The van der Waals surface area contributed by atoms with Crippen molar-refractivity contribution in [2.75, 3.05) is 0 Å². The minimum atomic E-state index is 0.522. The van der Waals surface area contributed by atoms with Gasteiger partial charge in [0.25, 0.3) is 0 Å². The maximum atomic E-state index is 10.6. The van der Waals surface area contributed by atoms with E-state index < -0.39 is 0 Å². The average Bonchev–Trinajstić information content (AvgIpc) is 2.63. The molecule has 4 nitrogen and oxygen atoms in total. The molecule has 2 aromatic rings. The van der Waals surface area contributed by atoms with Crippen LogP contribution in [0.15, 0.2) is 6.20 Å². The van der Waals surface area contributed by atoms with Crippen LogP contribution in [0.25, 0.3) is 4.96 Å². The van der Waals surface area contributed by atoms with Crippen molar-refractivity contribution in [3.05, 3.63) is 16.9 Å². The molecule has 0 aromatic carbocycles. The number of carbonyl (C=O) groups excluding carboxylic acids is 1. The molecular weight excluding hydrogens is 186 g/mol. The first-order valence-electron chi connectivity index (χ1n) is 4.13. The molecule has 0 amide bonds. The maximum absolute atomic E-state index is 10.6. The number of rotatable bonds is 3. The van der Waals surface area contributed by atoms with Gasteiger partial charge in [-0.3, -0.25) is 4.79 Å².